The van der Waals surface area contributed by atoms with Crippen molar-refractivity contribution < 1.29 is 9.53 Å². The predicted octanol–water partition coefficient (Wildman–Crippen LogP) is 3.49. The number of ether oxygens (including phenoxy) is 1. The van der Waals surface area contributed by atoms with E-state index in [0.717, 1.165) is 30.8 Å². The van der Waals surface area contributed by atoms with Crippen molar-refractivity contribution in [2.24, 2.45) is 5.92 Å². The number of anilines is 1. The molecule has 0 unspecified atom stereocenters. The van der Waals surface area contributed by atoms with Crippen molar-refractivity contribution in [3.8, 4) is 11.4 Å². The van der Waals surface area contributed by atoms with Crippen molar-refractivity contribution in [2.75, 3.05) is 25.1 Å². The molecule has 0 N–H and O–H groups in total. The number of aromatic nitrogens is 4. The lowest BCUT2D eigenvalue weighted by atomic mass is 9.98. The van der Waals surface area contributed by atoms with E-state index < -0.39 is 0 Å². The number of carbonyl (C=O) groups excluding carboxylic acids is 1. The van der Waals surface area contributed by atoms with E-state index >= 15 is 0 Å². The van der Waals surface area contributed by atoms with Gasteiger partial charge >= 0.3 is 5.97 Å². The van der Waals surface area contributed by atoms with Gasteiger partial charge in [0.25, 0.3) is 0 Å². The van der Waals surface area contributed by atoms with Gasteiger partial charge in [0, 0.05) is 28.7 Å². The second-order valence-corrected chi connectivity index (χ2v) is 7.32. The zero-order valence-electron chi connectivity index (χ0n) is 14.6. The first kappa shape index (κ1) is 18.0. The molecule has 3 heterocycles. The van der Waals surface area contributed by atoms with Crippen LogP contribution in [0.15, 0.2) is 30.3 Å². The summed E-state index contributed by atoms with van der Waals surface area (Å²) < 4.78 is 6.56. The maximum atomic E-state index is 11.9. The molecule has 27 heavy (non-hydrogen) atoms. The number of methoxy groups -OCH3 is 1. The minimum atomic E-state index is -0.181. The smallest absolute Gasteiger partial charge is 0.310 e. The monoisotopic (exact) mass is 405 g/mol. The molecular weight excluding hydrogens is 389 g/mol. The molecule has 0 saturated carbocycles. The van der Waals surface area contributed by atoms with E-state index in [0.29, 0.717) is 28.1 Å². The Balaban J connectivity index is 1.71. The van der Waals surface area contributed by atoms with E-state index in [4.69, 9.17) is 33.0 Å². The van der Waals surface area contributed by atoms with Crippen molar-refractivity contribution in [2.45, 2.75) is 12.8 Å². The minimum Gasteiger partial charge on any atom is -0.469 e. The summed E-state index contributed by atoms with van der Waals surface area (Å²) in [5.74, 6) is 0.982. The molecule has 4 rings (SSSR count). The van der Waals surface area contributed by atoms with Gasteiger partial charge in [0.05, 0.1) is 13.0 Å². The second kappa shape index (κ2) is 7.32. The number of esters is 1. The number of nitrogens with zero attached hydrogens (tertiary/aromatic N) is 5. The summed E-state index contributed by atoms with van der Waals surface area (Å²) in [6, 6.07) is 8.94. The summed E-state index contributed by atoms with van der Waals surface area (Å²) >= 11 is 12.2. The molecule has 3 aromatic rings. The highest BCUT2D eigenvalue weighted by molar-refractivity contribution is 6.35. The summed E-state index contributed by atoms with van der Waals surface area (Å²) in [4.78, 5) is 14.0. The van der Waals surface area contributed by atoms with E-state index in [9.17, 15) is 4.79 Å². The molecule has 0 amide bonds. The lowest BCUT2D eigenvalue weighted by Gasteiger charge is -2.32. The molecule has 0 bridgehead atoms. The molecule has 9 heteroatoms. The van der Waals surface area contributed by atoms with Crippen LogP contribution in [-0.4, -0.2) is 46.0 Å². The lowest BCUT2D eigenvalue weighted by Crippen LogP contribution is -2.39. The molecule has 1 atom stereocenters. The van der Waals surface area contributed by atoms with Gasteiger partial charge in [-0.05, 0) is 43.2 Å². The third-order valence-electron chi connectivity index (χ3n) is 4.65. The van der Waals surface area contributed by atoms with Gasteiger partial charge in [0.1, 0.15) is 5.82 Å². The number of hydrogen-bond acceptors (Lipinski definition) is 6. The zero-order chi connectivity index (χ0) is 19.0. The summed E-state index contributed by atoms with van der Waals surface area (Å²) in [6.45, 7) is 1.40. The average Bonchev–Trinajstić information content (AvgIpc) is 3.10. The molecule has 1 aromatic carbocycles. The van der Waals surface area contributed by atoms with Gasteiger partial charge in [-0.1, -0.05) is 23.2 Å². The van der Waals surface area contributed by atoms with E-state index in [1.165, 1.54) is 7.11 Å². The Morgan fingerprint density at radius 2 is 1.96 bits per heavy atom. The van der Waals surface area contributed by atoms with Crippen molar-refractivity contribution in [3.63, 3.8) is 0 Å². The molecule has 140 valence electrons. The van der Waals surface area contributed by atoms with Gasteiger partial charge in [-0.3, -0.25) is 4.79 Å². The summed E-state index contributed by atoms with van der Waals surface area (Å²) in [6.07, 6.45) is 1.72. The van der Waals surface area contributed by atoms with Crippen LogP contribution in [0.2, 0.25) is 10.0 Å². The maximum Gasteiger partial charge on any atom is 0.310 e. The van der Waals surface area contributed by atoms with E-state index in [1.807, 2.05) is 12.1 Å². The third kappa shape index (κ3) is 3.57. The fourth-order valence-electron chi connectivity index (χ4n) is 3.36. The van der Waals surface area contributed by atoms with Crippen LogP contribution in [0.3, 0.4) is 0 Å². The molecule has 1 aliphatic heterocycles. The van der Waals surface area contributed by atoms with Crippen LogP contribution in [-0.2, 0) is 9.53 Å². The van der Waals surface area contributed by atoms with E-state index in [-0.39, 0.29) is 11.9 Å². The van der Waals surface area contributed by atoms with E-state index in [1.54, 1.807) is 22.7 Å². The maximum absolute atomic E-state index is 11.9. The minimum absolute atomic E-state index is 0.145. The lowest BCUT2D eigenvalue weighted by molar-refractivity contribution is -0.145. The number of piperidine rings is 1. The van der Waals surface area contributed by atoms with Crippen LogP contribution < -0.4 is 4.90 Å². The normalized spacial score (nSPS) is 17.3. The Bertz CT molecular complexity index is 986. The van der Waals surface area contributed by atoms with Crippen molar-refractivity contribution in [3.05, 3.63) is 40.4 Å². The van der Waals surface area contributed by atoms with E-state index in [2.05, 4.69) is 15.1 Å². The topological polar surface area (TPSA) is 72.6 Å². The molecule has 0 spiro atoms. The predicted molar refractivity (Wildman–Crippen MR) is 103 cm³/mol. The Morgan fingerprint density at radius 3 is 2.70 bits per heavy atom. The van der Waals surface area contributed by atoms with Gasteiger partial charge < -0.3 is 9.64 Å². The molecule has 7 nitrogen and oxygen atoms in total. The van der Waals surface area contributed by atoms with Crippen LogP contribution in [0.1, 0.15) is 12.8 Å². The first-order chi connectivity index (χ1) is 13.0. The number of fused-ring (bicyclic) bond motifs is 1. The van der Waals surface area contributed by atoms with Crippen molar-refractivity contribution >= 4 is 40.6 Å². The first-order valence-corrected chi connectivity index (χ1v) is 9.32. The van der Waals surface area contributed by atoms with Crippen molar-refractivity contribution in [1.82, 2.24) is 19.8 Å². The fraction of sp³-hybridized carbons (Fsp3) is 0.333. The highest BCUT2D eigenvalue weighted by Gasteiger charge is 2.27. The molecule has 1 fully saturated rings. The second-order valence-electron chi connectivity index (χ2n) is 6.45. The number of rotatable bonds is 3. The van der Waals surface area contributed by atoms with Gasteiger partial charge in [0.15, 0.2) is 11.5 Å². The number of halogens is 2. The highest BCUT2D eigenvalue weighted by Crippen LogP contribution is 2.27. The Hall–Kier alpha value is -2.38. The SMILES string of the molecule is COC(=O)[C@H]1CCCN(c2ccc3nnc(-c4cc(Cl)cc(Cl)c4)n3n2)C1. The highest BCUT2D eigenvalue weighted by atomic mass is 35.5. The van der Waals surface area contributed by atoms with Crippen LogP contribution in [0.25, 0.3) is 17.0 Å². The molecular formula is C18H17Cl2N5O2. The fourth-order valence-corrected chi connectivity index (χ4v) is 3.88. The first-order valence-electron chi connectivity index (χ1n) is 8.57. The average molecular weight is 406 g/mol. The van der Waals surface area contributed by atoms with Crippen LogP contribution >= 0.6 is 23.2 Å². The quantitative estimate of drug-likeness (QED) is 0.620. The molecule has 0 aliphatic carbocycles. The van der Waals surface area contributed by atoms with Gasteiger partial charge in [-0.15, -0.1) is 15.3 Å². The third-order valence-corrected chi connectivity index (χ3v) is 5.09. The standard InChI is InChI=1S/C18H17Cl2N5O2/c1-27-18(26)11-3-2-6-24(10-11)16-5-4-15-21-22-17(25(15)23-16)12-7-13(19)9-14(20)8-12/h4-5,7-9,11H,2-3,6,10H2,1H3/t11-/m0/s1. The van der Waals surface area contributed by atoms with Gasteiger partial charge in [-0.2, -0.15) is 4.52 Å². The number of hydrogen-bond donors (Lipinski definition) is 0. The van der Waals surface area contributed by atoms with Gasteiger partial charge in [0.2, 0.25) is 0 Å². The van der Waals surface area contributed by atoms with Gasteiger partial charge in [-0.25, -0.2) is 0 Å². The van der Waals surface area contributed by atoms with Crippen LogP contribution in [0.5, 0.6) is 0 Å². The van der Waals surface area contributed by atoms with Crippen LogP contribution in [0.4, 0.5) is 5.82 Å². The largest absolute Gasteiger partial charge is 0.469 e. The number of carbonyl (C=O) groups is 1. The Morgan fingerprint density at radius 1 is 1.19 bits per heavy atom. The molecule has 1 saturated heterocycles. The Kier molecular flexibility index (Phi) is 4.88. The molecule has 2 aromatic heterocycles. The molecule has 1 aliphatic rings. The summed E-state index contributed by atoms with van der Waals surface area (Å²) in [5.41, 5.74) is 1.35. The van der Waals surface area contributed by atoms with Crippen LogP contribution in [0, 0.1) is 5.92 Å². The zero-order valence-corrected chi connectivity index (χ0v) is 16.1. The summed E-state index contributed by atoms with van der Waals surface area (Å²) in [5, 5.41) is 14.1. The molecule has 0 radical (unpaired) electrons. The van der Waals surface area contributed by atoms with Crippen molar-refractivity contribution in [1.29, 1.82) is 0 Å². The number of benzene rings is 1. The summed E-state index contributed by atoms with van der Waals surface area (Å²) in [7, 11) is 1.42. The Labute approximate surface area is 165 Å².